The van der Waals surface area contributed by atoms with E-state index in [1.165, 1.54) is 0 Å². The van der Waals surface area contributed by atoms with Crippen molar-refractivity contribution in [3.8, 4) is 11.3 Å². The van der Waals surface area contributed by atoms with Crippen molar-refractivity contribution in [1.29, 1.82) is 0 Å². The summed E-state index contributed by atoms with van der Waals surface area (Å²) in [4.78, 5) is 14.6. The van der Waals surface area contributed by atoms with Crippen molar-refractivity contribution in [2.75, 3.05) is 0 Å². The minimum atomic E-state index is -0.122. The monoisotopic (exact) mass is 339 g/mol. The molecule has 4 aromatic rings. The summed E-state index contributed by atoms with van der Waals surface area (Å²) in [5.41, 5.74) is 3.55. The van der Waals surface area contributed by atoms with Crippen LogP contribution < -0.4 is 0 Å². The maximum atomic E-state index is 13.0. The molecule has 0 spiro atoms. The Labute approximate surface area is 151 Å². The van der Waals surface area contributed by atoms with Crippen LogP contribution in [0, 0.1) is 0 Å². The van der Waals surface area contributed by atoms with E-state index in [1.807, 2.05) is 78.9 Å². The first-order chi connectivity index (χ1) is 12.8. The quantitative estimate of drug-likeness (QED) is 0.511. The summed E-state index contributed by atoms with van der Waals surface area (Å²) < 4.78 is 0. The Morgan fingerprint density at radius 1 is 0.731 bits per heavy atom. The molecule has 0 atom stereocenters. The molecule has 1 aromatic heterocycles. The van der Waals surface area contributed by atoms with Crippen LogP contribution in [0.4, 0.5) is 0 Å². The zero-order valence-electron chi connectivity index (χ0n) is 14.1. The van der Waals surface area contributed by atoms with Crippen LogP contribution in [0.2, 0.25) is 0 Å². The second-order valence-corrected chi connectivity index (χ2v) is 5.97. The van der Waals surface area contributed by atoms with E-state index in [2.05, 4.69) is 10.2 Å². The Hall–Kier alpha value is -3.53. The third kappa shape index (κ3) is 3.30. The Bertz CT molecular complexity index is 1010. The maximum Gasteiger partial charge on any atom is 0.215 e. The molecular formula is C22H17N3O. The topological polar surface area (TPSA) is 47.8 Å². The SMILES string of the molecule is O=C(c1ccccc1)c1nn(Cc2ccccc2)nc1-c1ccccc1. The summed E-state index contributed by atoms with van der Waals surface area (Å²) in [5, 5.41) is 9.12. The molecule has 0 amide bonds. The number of hydrogen-bond donors (Lipinski definition) is 0. The summed E-state index contributed by atoms with van der Waals surface area (Å²) in [6.07, 6.45) is 0. The normalized spacial score (nSPS) is 10.6. The fourth-order valence-electron chi connectivity index (χ4n) is 2.84. The molecule has 0 saturated heterocycles. The van der Waals surface area contributed by atoms with Gasteiger partial charge in [-0.25, -0.2) is 0 Å². The standard InChI is InChI=1S/C22H17N3O/c26-22(19-14-8-3-9-15-19)21-20(18-12-6-2-7-13-18)23-25(24-21)16-17-10-4-1-5-11-17/h1-15H,16H2. The van der Waals surface area contributed by atoms with Crippen LogP contribution in [0.5, 0.6) is 0 Å². The van der Waals surface area contributed by atoms with Gasteiger partial charge in [0.15, 0.2) is 5.69 Å². The van der Waals surface area contributed by atoms with E-state index in [0.717, 1.165) is 11.1 Å². The fraction of sp³-hybridized carbons (Fsp3) is 0.0455. The highest BCUT2D eigenvalue weighted by molar-refractivity contribution is 6.10. The second-order valence-electron chi connectivity index (χ2n) is 5.97. The van der Waals surface area contributed by atoms with Gasteiger partial charge in [0.25, 0.3) is 0 Å². The van der Waals surface area contributed by atoms with Gasteiger partial charge in [0.05, 0.1) is 6.54 Å². The molecular weight excluding hydrogens is 322 g/mol. The third-order valence-corrected chi connectivity index (χ3v) is 4.12. The molecule has 0 aliphatic carbocycles. The van der Waals surface area contributed by atoms with Gasteiger partial charge in [0, 0.05) is 11.1 Å². The predicted octanol–water partition coefficient (Wildman–Crippen LogP) is 4.22. The van der Waals surface area contributed by atoms with Crippen molar-refractivity contribution in [1.82, 2.24) is 15.0 Å². The predicted molar refractivity (Wildman–Crippen MR) is 101 cm³/mol. The molecule has 4 nitrogen and oxygen atoms in total. The van der Waals surface area contributed by atoms with Crippen LogP contribution in [0.1, 0.15) is 21.6 Å². The summed E-state index contributed by atoms with van der Waals surface area (Å²) in [6.45, 7) is 0.517. The van der Waals surface area contributed by atoms with Crippen molar-refractivity contribution in [2.45, 2.75) is 6.54 Å². The van der Waals surface area contributed by atoms with Crippen LogP contribution >= 0.6 is 0 Å². The molecule has 0 fully saturated rings. The third-order valence-electron chi connectivity index (χ3n) is 4.12. The zero-order valence-corrected chi connectivity index (χ0v) is 14.1. The summed E-state index contributed by atoms with van der Waals surface area (Å²) in [7, 11) is 0. The van der Waals surface area contributed by atoms with Gasteiger partial charge in [0.2, 0.25) is 5.78 Å². The summed E-state index contributed by atoms with van der Waals surface area (Å²) in [5.74, 6) is -0.122. The van der Waals surface area contributed by atoms with Gasteiger partial charge in [-0.05, 0) is 5.56 Å². The average molecular weight is 339 g/mol. The van der Waals surface area contributed by atoms with Gasteiger partial charge in [0.1, 0.15) is 5.69 Å². The molecule has 0 aliphatic rings. The first kappa shape index (κ1) is 16.0. The van der Waals surface area contributed by atoms with Crippen molar-refractivity contribution >= 4 is 5.78 Å². The number of aromatic nitrogens is 3. The number of carbonyl (C=O) groups is 1. The molecule has 0 unspecified atom stereocenters. The van der Waals surface area contributed by atoms with Gasteiger partial charge in [-0.3, -0.25) is 4.79 Å². The molecule has 26 heavy (non-hydrogen) atoms. The number of rotatable bonds is 5. The Morgan fingerprint density at radius 2 is 1.31 bits per heavy atom. The lowest BCUT2D eigenvalue weighted by Crippen LogP contribution is -2.07. The van der Waals surface area contributed by atoms with E-state index in [0.29, 0.717) is 23.5 Å². The highest BCUT2D eigenvalue weighted by atomic mass is 16.1. The Morgan fingerprint density at radius 3 is 1.96 bits per heavy atom. The number of carbonyl (C=O) groups excluding carboxylic acids is 1. The highest BCUT2D eigenvalue weighted by Crippen LogP contribution is 2.22. The van der Waals surface area contributed by atoms with Gasteiger partial charge in [-0.1, -0.05) is 91.0 Å². The molecule has 4 rings (SSSR count). The number of ketones is 1. The Kier molecular flexibility index (Phi) is 4.39. The molecule has 0 N–H and O–H groups in total. The molecule has 1 heterocycles. The first-order valence-electron chi connectivity index (χ1n) is 8.45. The maximum absolute atomic E-state index is 13.0. The van der Waals surface area contributed by atoms with Gasteiger partial charge in [-0.15, -0.1) is 5.10 Å². The van der Waals surface area contributed by atoms with Gasteiger partial charge in [-0.2, -0.15) is 9.90 Å². The van der Waals surface area contributed by atoms with Crippen molar-refractivity contribution in [3.63, 3.8) is 0 Å². The fourth-order valence-corrected chi connectivity index (χ4v) is 2.84. The average Bonchev–Trinajstić information content (AvgIpc) is 3.13. The van der Waals surface area contributed by atoms with E-state index in [4.69, 9.17) is 0 Å². The van der Waals surface area contributed by atoms with Gasteiger partial charge < -0.3 is 0 Å². The molecule has 126 valence electrons. The minimum Gasteiger partial charge on any atom is -0.287 e. The number of hydrogen-bond acceptors (Lipinski definition) is 3. The van der Waals surface area contributed by atoms with E-state index in [-0.39, 0.29) is 5.78 Å². The Balaban J connectivity index is 1.77. The van der Waals surface area contributed by atoms with E-state index in [1.54, 1.807) is 16.9 Å². The van der Waals surface area contributed by atoms with E-state index < -0.39 is 0 Å². The van der Waals surface area contributed by atoms with E-state index >= 15 is 0 Å². The second kappa shape index (κ2) is 7.15. The summed E-state index contributed by atoms with van der Waals surface area (Å²) in [6, 6.07) is 28.8. The highest BCUT2D eigenvalue weighted by Gasteiger charge is 2.21. The van der Waals surface area contributed by atoms with Crippen LogP contribution in [-0.4, -0.2) is 20.8 Å². The molecule has 0 radical (unpaired) electrons. The lowest BCUT2D eigenvalue weighted by molar-refractivity contribution is 0.103. The zero-order chi connectivity index (χ0) is 17.8. The molecule has 0 saturated carbocycles. The number of benzene rings is 3. The lowest BCUT2D eigenvalue weighted by Gasteiger charge is -2.00. The lowest BCUT2D eigenvalue weighted by atomic mass is 10.0. The van der Waals surface area contributed by atoms with Crippen LogP contribution in [0.3, 0.4) is 0 Å². The van der Waals surface area contributed by atoms with Crippen LogP contribution in [0.15, 0.2) is 91.0 Å². The molecule has 4 heteroatoms. The van der Waals surface area contributed by atoms with Crippen molar-refractivity contribution in [2.24, 2.45) is 0 Å². The van der Waals surface area contributed by atoms with Crippen LogP contribution in [0.25, 0.3) is 11.3 Å². The number of nitrogens with zero attached hydrogens (tertiary/aromatic N) is 3. The largest absolute Gasteiger partial charge is 0.287 e. The smallest absolute Gasteiger partial charge is 0.215 e. The summed E-state index contributed by atoms with van der Waals surface area (Å²) >= 11 is 0. The van der Waals surface area contributed by atoms with Crippen molar-refractivity contribution in [3.05, 3.63) is 108 Å². The molecule has 0 aliphatic heterocycles. The molecule has 0 bridgehead atoms. The van der Waals surface area contributed by atoms with Crippen LogP contribution in [-0.2, 0) is 6.54 Å². The van der Waals surface area contributed by atoms with Gasteiger partial charge >= 0.3 is 0 Å². The first-order valence-corrected chi connectivity index (χ1v) is 8.45. The van der Waals surface area contributed by atoms with E-state index in [9.17, 15) is 4.79 Å². The van der Waals surface area contributed by atoms with Crippen molar-refractivity contribution < 1.29 is 4.79 Å². The molecule has 3 aromatic carbocycles. The minimum absolute atomic E-state index is 0.122.